The molecule has 1 N–H and O–H groups in total. The van der Waals surface area contributed by atoms with Gasteiger partial charge < -0.3 is 14.8 Å². The van der Waals surface area contributed by atoms with Crippen molar-refractivity contribution >= 4 is 0 Å². The van der Waals surface area contributed by atoms with Crippen LogP contribution in [0.3, 0.4) is 0 Å². The van der Waals surface area contributed by atoms with Gasteiger partial charge in [0.25, 0.3) is 0 Å². The lowest BCUT2D eigenvalue weighted by Gasteiger charge is -2.16. The van der Waals surface area contributed by atoms with E-state index in [2.05, 4.69) is 18.8 Å². The van der Waals surface area contributed by atoms with Gasteiger partial charge >= 0.3 is 0 Å². The Balaban J connectivity index is 3.46. The number of likely N-dealkylation sites (N-methyl/N-ethyl adjacent to an activating group) is 1. The van der Waals surface area contributed by atoms with Crippen LogP contribution in [0.5, 0.6) is 0 Å². The molecule has 78 valence electrons. The van der Waals surface area contributed by atoms with Gasteiger partial charge in [0.15, 0.2) is 0 Å². The van der Waals surface area contributed by atoms with Crippen LogP contribution < -0.4 is 5.32 Å². The highest BCUT2D eigenvalue weighted by atomic mass is 16.5. The first-order chi connectivity index (χ1) is 6.35. The zero-order valence-electron chi connectivity index (χ0n) is 8.71. The second-order valence-corrected chi connectivity index (χ2v) is 2.83. The van der Waals surface area contributed by atoms with Gasteiger partial charge in [-0.25, -0.2) is 0 Å². The molecule has 0 saturated carbocycles. The highest BCUT2D eigenvalue weighted by Crippen LogP contribution is 1.93. The molecule has 0 aromatic carbocycles. The number of ether oxygens (including phenoxy) is 2. The first kappa shape index (κ1) is 12.6. The summed E-state index contributed by atoms with van der Waals surface area (Å²) in [5.74, 6) is 0. The van der Waals surface area contributed by atoms with Crippen molar-refractivity contribution in [3.8, 4) is 0 Å². The van der Waals surface area contributed by atoms with Crippen LogP contribution in [-0.2, 0) is 9.47 Å². The van der Waals surface area contributed by atoms with Crippen LogP contribution in [0.15, 0.2) is 12.7 Å². The second-order valence-electron chi connectivity index (χ2n) is 2.83. The molecule has 0 aromatic rings. The van der Waals surface area contributed by atoms with Crippen molar-refractivity contribution < 1.29 is 9.47 Å². The lowest BCUT2D eigenvalue weighted by atomic mass is 10.3. The van der Waals surface area contributed by atoms with E-state index in [0.29, 0.717) is 6.61 Å². The lowest BCUT2D eigenvalue weighted by Crippen LogP contribution is -2.32. The number of rotatable bonds is 9. The van der Waals surface area contributed by atoms with Crippen molar-refractivity contribution in [2.45, 2.75) is 19.4 Å². The number of nitrogens with one attached hydrogen (secondary N) is 1. The molecule has 0 fully saturated rings. The predicted molar refractivity (Wildman–Crippen MR) is 55.0 cm³/mol. The number of methoxy groups -OCH3 is 1. The molecule has 0 aliphatic heterocycles. The van der Waals surface area contributed by atoms with Gasteiger partial charge in [-0.1, -0.05) is 13.0 Å². The quantitative estimate of drug-likeness (QED) is 0.434. The third-order valence-corrected chi connectivity index (χ3v) is 1.65. The van der Waals surface area contributed by atoms with Crippen LogP contribution in [0.25, 0.3) is 0 Å². The van der Waals surface area contributed by atoms with Crippen molar-refractivity contribution in [1.82, 2.24) is 5.32 Å². The summed E-state index contributed by atoms with van der Waals surface area (Å²) >= 11 is 0. The van der Waals surface area contributed by atoms with Gasteiger partial charge in [0, 0.05) is 13.7 Å². The van der Waals surface area contributed by atoms with Gasteiger partial charge in [-0.05, 0) is 13.0 Å². The summed E-state index contributed by atoms with van der Waals surface area (Å²) in [4.78, 5) is 0. The first-order valence-corrected chi connectivity index (χ1v) is 4.77. The standard InChI is InChI=1S/C10H21NO2/c1-4-6-7-13-10(9-12-3)8-11-5-2/h4,10-11H,1,5-9H2,2-3H3. The van der Waals surface area contributed by atoms with E-state index in [0.717, 1.165) is 26.1 Å². The Bertz CT molecular complexity index is 117. The molecule has 3 nitrogen and oxygen atoms in total. The summed E-state index contributed by atoms with van der Waals surface area (Å²) in [5.41, 5.74) is 0. The maximum Gasteiger partial charge on any atom is 0.0932 e. The molecular weight excluding hydrogens is 166 g/mol. The molecular formula is C10H21NO2. The Kier molecular flexibility index (Phi) is 9.42. The van der Waals surface area contributed by atoms with Gasteiger partial charge in [0.2, 0.25) is 0 Å². The van der Waals surface area contributed by atoms with Crippen LogP contribution in [0.1, 0.15) is 13.3 Å². The summed E-state index contributed by atoms with van der Waals surface area (Å²) < 4.78 is 10.6. The Hall–Kier alpha value is -0.380. The first-order valence-electron chi connectivity index (χ1n) is 4.77. The lowest BCUT2D eigenvalue weighted by molar-refractivity contribution is 0.00135. The second kappa shape index (κ2) is 9.71. The van der Waals surface area contributed by atoms with Gasteiger partial charge in [-0.3, -0.25) is 0 Å². The summed E-state index contributed by atoms with van der Waals surface area (Å²) in [5, 5.41) is 3.23. The minimum absolute atomic E-state index is 0.157. The fraction of sp³-hybridized carbons (Fsp3) is 0.800. The zero-order valence-corrected chi connectivity index (χ0v) is 8.71. The van der Waals surface area contributed by atoms with Gasteiger partial charge in [0.1, 0.15) is 0 Å². The molecule has 0 amide bonds. The predicted octanol–water partition coefficient (Wildman–Crippen LogP) is 1.20. The molecule has 0 bridgehead atoms. The normalized spacial score (nSPS) is 12.8. The molecule has 13 heavy (non-hydrogen) atoms. The molecule has 1 unspecified atom stereocenters. The van der Waals surface area contributed by atoms with E-state index < -0.39 is 0 Å². The van der Waals surface area contributed by atoms with Crippen LogP contribution in [0.2, 0.25) is 0 Å². The van der Waals surface area contributed by atoms with Crippen molar-refractivity contribution in [2.24, 2.45) is 0 Å². The number of hydrogen-bond donors (Lipinski definition) is 1. The van der Waals surface area contributed by atoms with Crippen molar-refractivity contribution in [2.75, 3.05) is 33.4 Å². The topological polar surface area (TPSA) is 30.5 Å². The highest BCUT2D eigenvalue weighted by Gasteiger charge is 2.06. The summed E-state index contributed by atoms with van der Waals surface area (Å²) in [6, 6.07) is 0. The highest BCUT2D eigenvalue weighted by molar-refractivity contribution is 4.67. The molecule has 0 aromatic heterocycles. The van der Waals surface area contributed by atoms with E-state index in [1.165, 1.54) is 0 Å². The van der Waals surface area contributed by atoms with Crippen LogP contribution in [0, 0.1) is 0 Å². The Morgan fingerprint density at radius 2 is 2.31 bits per heavy atom. The van der Waals surface area contributed by atoms with Crippen molar-refractivity contribution in [1.29, 1.82) is 0 Å². The smallest absolute Gasteiger partial charge is 0.0932 e. The molecule has 1 atom stereocenters. The summed E-state index contributed by atoms with van der Waals surface area (Å²) in [6.45, 7) is 8.90. The Labute approximate surface area is 81.1 Å². The van der Waals surface area contributed by atoms with E-state index in [1.807, 2.05) is 6.08 Å². The number of hydrogen-bond acceptors (Lipinski definition) is 3. The fourth-order valence-corrected chi connectivity index (χ4v) is 0.975. The van der Waals surface area contributed by atoms with Gasteiger partial charge in [-0.2, -0.15) is 0 Å². The molecule has 0 aliphatic carbocycles. The maximum absolute atomic E-state index is 5.57. The van der Waals surface area contributed by atoms with E-state index in [1.54, 1.807) is 7.11 Å². The van der Waals surface area contributed by atoms with E-state index in [9.17, 15) is 0 Å². The SMILES string of the molecule is C=CCCOC(CNCC)COC. The zero-order chi connectivity index (χ0) is 9.94. The summed E-state index contributed by atoms with van der Waals surface area (Å²) in [6.07, 6.45) is 2.91. The maximum atomic E-state index is 5.57. The Morgan fingerprint density at radius 3 is 2.85 bits per heavy atom. The largest absolute Gasteiger partial charge is 0.382 e. The third-order valence-electron chi connectivity index (χ3n) is 1.65. The minimum Gasteiger partial charge on any atom is -0.382 e. The minimum atomic E-state index is 0.157. The van der Waals surface area contributed by atoms with Gasteiger partial charge in [-0.15, -0.1) is 6.58 Å². The average molecular weight is 187 g/mol. The molecule has 0 rings (SSSR count). The molecule has 0 saturated heterocycles. The van der Waals surface area contributed by atoms with Crippen molar-refractivity contribution in [3.63, 3.8) is 0 Å². The molecule has 0 radical (unpaired) electrons. The molecule has 3 heteroatoms. The fourth-order valence-electron chi connectivity index (χ4n) is 0.975. The molecule has 0 spiro atoms. The van der Waals surface area contributed by atoms with E-state index >= 15 is 0 Å². The molecule has 0 aliphatic rings. The summed E-state index contributed by atoms with van der Waals surface area (Å²) in [7, 11) is 1.69. The van der Waals surface area contributed by atoms with Crippen LogP contribution in [-0.4, -0.2) is 39.5 Å². The molecule has 0 heterocycles. The third kappa shape index (κ3) is 7.96. The Morgan fingerprint density at radius 1 is 1.54 bits per heavy atom. The van der Waals surface area contributed by atoms with Crippen molar-refractivity contribution in [3.05, 3.63) is 12.7 Å². The van der Waals surface area contributed by atoms with E-state index in [-0.39, 0.29) is 6.10 Å². The van der Waals surface area contributed by atoms with Gasteiger partial charge in [0.05, 0.1) is 19.3 Å². The average Bonchev–Trinajstić information content (AvgIpc) is 2.14. The van der Waals surface area contributed by atoms with Crippen LogP contribution >= 0.6 is 0 Å². The monoisotopic (exact) mass is 187 g/mol. The van der Waals surface area contributed by atoms with Crippen LogP contribution in [0.4, 0.5) is 0 Å². The van der Waals surface area contributed by atoms with E-state index in [4.69, 9.17) is 9.47 Å².